The maximum Gasteiger partial charge on any atom is 0.190 e. The first-order chi connectivity index (χ1) is 9.20. The molecular weight excluding hydrogens is 373 g/mol. The Labute approximate surface area is 147 Å². The summed E-state index contributed by atoms with van der Waals surface area (Å²) in [4.78, 5) is 4.14. The number of aliphatic imine (C=N–C) groups is 1. The summed E-state index contributed by atoms with van der Waals surface area (Å²) >= 11 is 0. The van der Waals surface area contributed by atoms with Crippen LogP contribution >= 0.6 is 24.0 Å². The zero-order valence-electron chi connectivity index (χ0n) is 14.4. The van der Waals surface area contributed by atoms with Gasteiger partial charge in [0.25, 0.3) is 0 Å². The minimum absolute atomic E-state index is 0. The molecule has 1 aromatic carbocycles. The molecule has 1 aromatic rings. The van der Waals surface area contributed by atoms with Crippen LogP contribution < -0.4 is 10.6 Å². The molecule has 21 heavy (non-hydrogen) atoms. The van der Waals surface area contributed by atoms with Crippen LogP contribution in [0.15, 0.2) is 29.3 Å². The molecular formula is C17H30IN3. The van der Waals surface area contributed by atoms with Crippen molar-refractivity contribution in [3.63, 3.8) is 0 Å². The first kappa shape index (κ1) is 20.2. The molecule has 0 aromatic heterocycles. The molecule has 0 unspecified atom stereocenters. The highest BCUT2D eigenvalue weighted by Crippen LogP contribution is 2.27. The van der Waals surface area contributed by atoms with Crippen LogP contribution in [0.25, 0.3) is 0 Å². The van der Waals surface area contributed by atoms with Crippen molar-refractivity contribution in [2.24, 2.45) is 4.99 Å². The van der Waals surface area contributed by atoms with E-state index in [2.05, 4.69) is 74.5 Å². The zero-order chi connectivity index (χ0) is 15.4. The number of rotatable bonds is 3. The normalized spacial score (nSPS) is 12.6. The average Bonchev–Trinajstić information content (AvgIpc) is 2.39. The van der Waals surface area contributed by atoms with Crippen molar-refractivity contribution in [2.75, 3.05) is 20.6 Å². The number of nitrogens with one attached hydrogen (secondary N) is 2. The number of hydrogen-bond acceptors (Lipinski definition) is 1. The topological polar surface area (TPSA) is 36.4 Å². The van der Waals surface area contributed by atoms with E-state index in [4.69, 9.17) is 0 Å². The van der Waals surface area contributed by atoms with Crippen LogP contribution in [0, 0.1) is 0 Å². The summed E-state index contributed by atoms with van der Waals surface area (Å²) in [6.07, 6.45) is 0. The van der Waals surface area contributed by atoms with Gasteiger partial charge < -0.3 is 10.6 Å². The molecule has 0 aliphatic carbocycles. The van der Waals surface area contributed by atoms with Crippen molar-refractivity contribution in [1.82, 2.24) is 10.6 Å². The first-order valence-corrected chi connectivity index (χ1v) is 7.20. The molecule has 0 spiro atoms. The van der Waals surface area contributed by atoms with E-state index in [1.807, 2.05) is 7.05 Å². The second-order valence-electron chi connectivity index (χ2n) is 6.89. The van der Waals surface area contributed by atoms with Gasteiger partial charge in [-0.25, -0.2) is 0 Å². The Morgan fingerprint density at radius 1 is 1.00 bits per heavy atom. The van der Waals surface area contributed by atoms with Crippen molar-refractivity contribution in [1.29, 1.82) is 0 Å². The highest BCUT2D eigenvalue weighted by atomic mass is 127. The zero-order valence-corrected chi connectivity index (χ0v) is 16.7. The van der Waals surface area contributed by atoms with Gasteiger partial charge in [0.2, 0.25) is 0 Å². The van der Waals surface area contributed by atoms with Gasteiger partial charge in [-0.2, -0.15) is 0 Å². The number of benzene rings is 1. The molecule has 0 amide bonds. The van der Waals surface area contributed by atoms with Crippen LogP contribution in [0.4, 0.5) is 0 Å². The lowest BCUT2D eigenvalue weighted by Crippen LogP contribution is -2.42. The van der Waals surface area contributed by atoms with Crippen molar-refractivity contribution >= 4 is 29.9 Å². The molecule has 0 atom stereocenters. The maximum absolute atomic E-state index is 4.14. The van der Waals surface area contributed by atoms with Crippen LogP contribution in [0.1, 0.15) is 45.7 Å². The maximum atomic E-state index is 4.14. The van der Waals surface area contributed by atoms with Crippen molar-refractivity contribution < 1.29 is 0 Å². The standard InChI is InChI=1S/C17H29N3.HI/c1-16(2,3)13-8-10-14(11-9-13)17(4,5)12-20-15(18-6)19-7;/h8-11H,12H2,1-7H3,(H2,18,19,20);1H. The van der Waals surface area contributed by atoms with Crippen molar-refractivity contribution in [2.45, 2.75) is 45.4 Å². The Bertz CT molecular complexity index is 456. The molecule has 1 rings (SSSR count). The first-order valence-electron chi connectivity index (χ1n) is 7.20. The van der Waals surface area contributed by atoms with Gasteiger partial charge in [-0.1, -0.05) is 58.9 Å². The van der Waals surface area contributed by atoms with Crippen LogP contribution in [0.3, 0.4) is 0 Å². The summed E-state index contributed by atoms with van der Waals surface area (Å²) in [5, 5.41) is 6.39. The fourth-order valence-electron chi connectivity index (χ4n) is 2.11. The Morgan fingerprint density at radius 2 is 1.48 bits per heavy atom. The molecule has 0 fully saturated rings. The van der Waals surface area contributed by atoms with Gasteiger partial charge in [-0.05, 0) is 16.5 Å². The number of guanidine groups is 1. The fraction of sp³-hybridized carbons (Fsp3) is 0.588. The number of nitrogens with zero attached hydrogens (tertiary/aromatic N) is 1. The Kier molecular flexibility index (Phi) is 7.71. The molecule has 120 valence electrons. The van der Waals surface area contributed by atoms with Crippen molar-refractivity contribution in [3.05, 3.63) is 35.4 Å². The van der Waals surface area contributed by atoms with E-state index in [9.17, 15) is 0 Å². The van der Waals surface area contributed by atoms with E-state index in [-0.39, 0.29) is 34.8 Å². The molecule has 0 saturated heterocycles. The van der Waals surface area contributed by atoms with Gasteiger partial charge in [-0.3, -0.25) is 4.99 Å². The van der Waals surface area contributed by atoms with Crippen LogP contribution in [0.5, 0.6) is 0 Å². The third kappa shape index (κ3) is 5.85. The minimum atomic E-state index is 0. The summed E-state index contributed by atoms with van der Waals surface area (Å²) in [5.41, 5.74) is 2.97. The minimum Gasteiger partial charge on any atom is -0.359 e. The monoisotopic (exact) mass is 403 g/mol. The van der Waals surface area contributed by atoms with Gasteiger partial charge in [0, 0.05) is 26.1 Å². The highest BCUT2D eigenvalue weighted by molar-refractivity contribution is 14.0. The second kappa shape index (κ2) is 8.01. The van der Waals surface area contributed by atoms with Crippen LogP contribution in [0.2, 0.25) is 0 Å². The molecule has 0 bridgehead atoms. The third-order valence-corrected chi connectivity index (χ3v) is 3.69. The molecule has 0 radical (unpaired) electrons. The van der Waals surface area contributed by atoms with E-state index in [1.165, 1.54) is 11.1 Å². The van der Waals surface area contributed by atoms with Gasteiger partial charge in [0.1, 0.15) is 0 Å². The van der Waals surface area contributed by atoms with E-state index < -0.39 is 0 Å². The summed E-state index contributed by atoms with van der Waals surface area (Å²) < 4.78 is 0. The lowest BCUT2D eigenvalue weighted by atomic mass is 9.81. The van der Waals surface area contributed by atoms with E-state index >= 15 is 0 Å². The quantitative estimate of drug-likeness (QED) is 0.459. The van der Waals surface area contributed by atoms with Gasteiger partial charge in [-0.15, -0.1) is 24.0 Å². The average molecular weight is 403 g/mol. The summed E-state index contributed by atoms with van der Waals surface area (Å²) in [7, 11) is 3.66. The van der Waals surface area contributed by atoms with Crippen LogP contribution in [-0.4, -0.2) is 26.6 Å². The Hall–Kier alpha value is -0.780. The van der Waals surface area contributed by atoms with Gasteiger partial charge in [0.05, 0.1) is 0 Å². The van der Waals surface area contributed by atoms with E-state index in [0.29, 0.717) is 0 Å². The molecule has 0 heterocycles. The van der Waals surface area contributed by atoms with Crippen LogP contribution in [-0.2, 0) is 10.8 Å². The third-order valence-electron chi connectivity index (χ3n) is 3.69. The smallest absolute Gasteiger partial charge is 0.190 e. The van der Waals surface area contributed by atoms with Gasteiger partial charge >= 0.3 is 0 Å². The lowest BCUT2D eigenvalue weighted by Gasteiger charge is -2.28. The number of hydrogen-bond donors (Lipinski definition) is 2. The fourth-order valence-corrected chi connectivity index (χ4v) is 2.11. The predicted octanol–water partition coefficient (Wildman–Crippen LogP) is 3.67. The second-order valence-corrected chi connectivity index (χ2v) is 6.89. The Balaban J connectivity index is 0.00000400. The highest BCUT2D eigenvalue weighted by Gasteiger charge is 2.22. The molecule has 0 saturated carbocycles. The molecule has 3 nitrogen and oxygen atoms in total. The SMILES string of the molecule is CN=C(NC)NCC(C)(C)c1ccc(C(C)(C)C)cc1.I. The molecule has 0 aliphatic rings. The van der Waals surface area contributed by atoms with E-state index in [1.54, 1.807) is 7.05 Å². The Morgan fingerprint density at radius 3 is 1.86 bits per heavy atom. The van der Waals surface area contributed by atoms with E-state index in [0.717, 1.165) is 12.5 Å². The number of halogens is 1. The largest absolute Gasteiger partial charge is 0.359 e. The molecule has 0 aliphatic heterocycles. The molecule has 2 N–H and O–H groups in total. The summed E-state index contributed by atoms with van der Waals surface area (Å²) in [6, 6.07) is 8.96. The van der Waals surface area contributed by atoms with Gasteiger partial charge in [0.15, 0.2) is 5.96 Å². The summed E-state index contributed by atoms with van der Waals surface area (Å²) in [6.45, 7) is 12.1. The predicted molar refractivity (Wildman–Crippen MR) is 104 cm³/mol. The lowest BCUT2D eigenvalue weighted by molar-refractivity contribution is 0.508. The molecule has 4 heteroatoms. The summed E-state index contributed by atoms with van der Waals surface area (Å²) in [5.74, 6) is 0.824. The van der Waals surface area contributed by atoms with Crippen molar-refractivity contribution in [3.8, 4) is 0 Å².